The number of likely N-dealkylation sites (tertiary alicyclic amines) is 1. The van der Waals surface area contributed by atoms with Gasteiger partial charge in [-0.15, -0.1) is 0 Å². The second kappa shape index (κ2) is 7.36. The molecule has 0 bridgehead atoms. The lowest BCUT2D eigenvalue weighted by molar-refractivity contribution is -0.896. The van der Waals surface area contributed by atoms with Gasteiger partial charge in [-0.05, 0) is 56.7 Å². The minimum absolute atomic E-state index is 0.101. The Morgan fingerprint density at radius 3 is 2.29 bits per heavy atom. The fourth-order valence-corrected chi connectivity index (χ4v) is 5.56. The van der Waals surface area contributed by atoms with Gasteiger partial charge in [0.2, 0.25) is 0 Å². The lowest BCUT2D eigenvalue weighted by Gasteiger charge is -2.51. The molecule has 0 unspecified atom stereocenters. The number of hydrogen-bond acceptors (Lipinski definition) is 1. The minimum Gasteiger partial charge on any atom is -0.327 e. The first-order valence-electron chi connectivity index (χ1n) is 10.7. The molecule has 4 rings (SSSR count). The second-order valence-corrected chi connectivity index (χ2v) is 9.42. The summed E-state index contributed by atoms with van der Waals surface area (Å²) in [5.74, 6) is 0.268. The van der Waals surface area contributed by atoms with Crippen LogP contribution in [0.5, 0.6) is 0 Å². The fourth-order valence-electron chi connectivity index (χ4n) is 5.56. The van der Waals surface area contributed by atoms with E-state index in [1.807, 2.05) is 0 Å². The molecule has 0 spiro atoms. The average molecular weight is 378 g/mol. The predicted octanol–water partition coefficient (Wildman–Crippen LogP) is 3.58. The third-order valence-electron chi connectivity index (χ3n) is 6.75. The Hall–Kier alpha value is -2.13. The van der Waals surface area contributed by atoms with Crippen LogP contribution in [0.1, 0.15) is 57.6 Å². The molecule has 0 radical (unpaired) electrons. The second-order valence-electron chi connectivity index (χ2n) is 9.42. The molecular formula is C25H33N2O+. The molecule has 0 saturated carbocycles. The Labute approximate surface area is 169 Å². The van der Waals surface area contributed by atoms with Crippen LogP contribution in [-0.2, 0) is 10.2 Å². The fraction of sp³-hybridized carbons (Fsp3) is 0.480. The van der Waals surface area contributed by atoms with E-state index in [-0.39, 0.29) is 16.9 Å². The van der Waals surface area contributed by atoms with Crippen molar-refractivity contribution in [3.8, 4) is 0 Å². The van der Waals surface area contributed by atoms with Crippen LogP contribution in [0.2, 0.25) is 0 Å². The number of hydrogen-bond donors (Lipinski definition) is 1. The third-order valence-corrected chi connectivity index (χ3v) is 6.75. The molecule has 28 heavy (non-hydrogen) atoms. The zero-order chi connectivity index (χ0) is 19.8. The Kier molecular flexibility index (Phi) is 5.05. The quantitative estimate of drug-likeness (QED) is 0.869. The average Bonchev–Trinajstić information content (AvgIpc) is 2.69. The van der Waals surface area contributed by atoms with Gasteiger partial charge in [-0.3, -0.25) is 4.79 Å². The van der Waals surface area contributed by atoms with Crippen molar-refractivity contribution in [1.82, 2.24) is 0 Å². The van der Waals surface area contributed by atoms with Crippen molar-refractivity contribution in [2.24, 2.45) is 0 Å². The van der Waals surface area contributed by atoms with E-state index >= 15 is 0 Å². The van der Waals surface area contributed by atoms with Crippen molar-refractivity contribution in [2.75, 3.05) is 24.5 Å². The number of para-hydroxylation sites is 1. The van der Waals surface area contributed by atoms with E-state index in [0.29, 0.717) is 6.54 Å². The summed E-state index contributed by atoms with van der Waals surface area (Å²) in [6, 6.07) is 19.3. The number of rotatable bonds is 3. The highest BCUT2D eigenvalue weighted by Crippen LogP contribution is 2.50. The third kappa shape index (κ3) is 3.37. The van der Waals surface area contributed by atoms with E-state index in [1.165, 1.54) is 35.3 Å². The summed E-state index contributed by atoms with van der Waals surface area (Å²) in [6.07, 6.45) is 4.72. The maximum absolute atomic E-state index is 13.5. The Morgan fingerprint density at radius 1 is 0.929 bits per heavy atom. The molecule has 2 aromatic carbocycles. The summed E-state index contributed by atoms with van der Waals surface area (Å²) in [4.78, 5) is 17.0. The number of nitrogens with one attached hydrogen (secondary N) is 1. The molecule has 2 aliphatic rings. The van der Waals surface area contributed by atoms with Gasteiger partial charge in [-0.1, -0.05) is 55.5 Å². The zero-order valence-electron chi connectivity index (χ0n) is 17.5. The normalized spacial score (nSPS) is 24.6. The van der Waals surface area contributed by atoms with E-state index in [0.717, 1.165) is 25.2 Å². The number of anilines is 1. The van der Waals surface area contributed by atoms with E-state index in [4.69, 9.17) is 0 Å². The van der Waals surface area contributed by atoms with Gasteiger partial charge in [0.25, 0.3) is 5.91 Å². The number of carbonyl (C=O) groups excluding carboxylic acids is 1. The van der Waals surface area contributed by atoms with Crippen molar-refractivity contribution in [2.45, 2.75) is 57.4 Å². The lowest BCUT2D eigenvalue weighted by Crippen LogP contribution is -3.14. The molecule has 3 heteroatoms. The molecule has 0 aliphatic carbocycles. The number of fused-ring (bicyclic) bond motifs is 1. The van der Waals surface area contributed by atoms with Crippen molar-refractivity contribution < 1.29 is 9.69 Å². The summed E-state index contributed by atoms with van der Waals surface area (Å²) in [7, 11) is 0. The highest BCUT2D eigenvalue weighted by atomic mass is 16.2. The zero-order valence-corrected chi connectivity index (χ0v) is 17.5. The minimum atomic E-state index is -0.231. The Balaban J connectivity index is 1.73. The van der Waals surface area contributed by atoms with Gasteiger partial charge in [0.15, 0.2) is 6.54 Å². The van der Waals surface area contributed by atoms with Crippen LogP contribution in [0.4, 0.5) is 5.69 Å². The number of carbonyl (C=O) groups is 1. The van der Waals surface area contributed by atoms with Crippen LogP contribution in [0.3, 0.4) is 0 Å². The largest absolute Gasteiger partial charge is 0.327 e. The number of nitrogens with zero attached hydrogens (tertiary/aromatic N) is 1. The summed E-state index contributed by atoms with van der Waals surface area (Å²) >= 11 is 0. The van der Waals surface area contributed by atoms with E-state index in [1.54, 1.807) is 0 Å². The van der Waals surface area contributed by atoms with E-state index < -0.39 is 0 Å². The Morgan fingerprint density at radius 2 is 1.57 bits per heavy atom. The predicted molar refractivity (Wildman–Crippen MR) is 115 cm³/mol. The highest BCUT2D eigenvalue weighted by molar-refractivity contribution is 5.97. The molecule has 1 fully saturated rings. The van der Waals surface area contributed by atoms with Gasteiger partial charge in [0.1, 0.15) is 0 Å². The van der Waals surface area contributed by atoms with Crippen LogP contribution in [0.15, 0.2) is 54.6 Å². The summed E-state index contributed by atoms with van der Waals surface area (Å²) in [5, 5.41) is 0. The van der Waals surface area contributed by atoms with E-state index in [9.17, 15) is 4.79 Å². The van der Waals surface area contributed by atoms with Gasteiger partial charge in [-0.2, -0.15) is 0 Å². The summed E-state index contributed by atoms with van der Waals surface area (Å²) < 4.78 is 0. The molecule has 1 amide bonds. The number of benzene rings is 2. The van der Waals surface area contributed by atoms with Crippen molar-refractivity contribution in [1.29, 1.82) is 0 Å². The lowest BCUT2D eigenvalue weighted by atomic mass is 9.65. The highest BCUT2D eigenvalue weighted by Gasteiger charge is 2.48. The first-order valence-corrected chi connectivity index (χ1v) is 10.7. The standard InChI is InChI=1S/C25H32N2O/c1-24(2)19-25(3,20-12-6-4-7-13-20)21-14-8-9-15-22(21)27(24)23(28)18-26-16-10-5-11-17-26/h4,6-9,12-15H,5,10-11,16-19H2,1-3H3/p+1/t25-/m1/s1. The smallest absolute Gasteiger partial charge is 0.282 e. The van der Waals surface area contributed by atoms with Crippen molar-refractivity contribution in [3.63, 3.8) is 0 Å². The first-order chi connectivity index (χ1) is 13.4. The van der Waals surface area contributed by atoms with Crippen LogP contribution in [0, 0.1) is 0 Å². The van der Waals surface area contributed by atoms with Crippen molar-refractivity contribution in [3.05, 3.63) is 65.7 Å². The number of piperidine rings is 1. The summed E-state index contributed by atoms with van der Waals surface area (Å²) in [6.45, 7) is 9.66. The molecule has 3 nitrogen and oxygen atoms in total. The van der Waals surface area contributed by atoms with E-state index in [2.05, 4.69) is 80.3 Å². The van der Waals surface area contributed by atoms with Crippen LogP contribution >= 0.6 is 0 Å². The summed E-state index contributed by atoms with van der Waals surface area (Å²) in [5.41, 5.74) is 3.35. The van der Waals surface area contributed by atoms with Crippen LogP contribution < -0.4 is 9.80 Å². The first kappa shape index (κ1) is 19.2. The molecule has 2 heterocycles. The Bertz CT molecular complexity index is 839. The molecule has 0 aromatic heterocycles. The van der Waals surface area contributed by atoms with Gasteiger partial charge < -0.3 is 9.80 Å². The number of amides is 1. The van der Waals surface area contributed by atoms with Gasteiger partial charge in [0.05, 0.1) is 13.1 Å². The number of quaternary nitrogens is 1. The van der Waals surface area contributed by atoms with Crippen LogP contribution in [-0.4, -0.2) is 31.1 Å². The topological polar surface area (TPSA) is 24.8 Å². The molecule has 148 valence electrons. The molecule has 2 aliphatic heterocycles. The van der Waals surface area contributed by atoms with Crippen LogP contribution in [0.25, 0.3) is 0 Å². The SMILES string of the molecule is CC1(C)C[C@](C)(c2ccccc2)c2ccccc2N1C(=O)C[NH+]1CCCCC1. The van der Waals surface area contributed by atoms with Gasteiger partial charge in [-0.25, -0.2) is 0 Å². The van der Waals surface area contributed by atoms with Gasteiger partial charge >= 0.3 is 0 Å². The molecule has 1 saturated heterocycles. The monoisotopic (exact) mass is 377 g/mol. The van der Waals surface area contributed by atoms with Gasteiger partial charge in [0, 0.05) is 16.6 Å². The maximum Gasteiger partial charge on any atom is 0.282 e. The molecule has 1 atom stereocenters. The maximum atomic E-state index is 13.5. The molecule has 2 aromatic rings. The molecule has 1 N–H and O–H groups in total. The molecular weight excluding hydrogens is 344 g/mol. The van der Waals surface area contributed by atoms with Crippen molar-refractivity contribution >= 4 is 11.6 Å².